The minimum Gasteiger partial charge on any atom is -0.392 e. The van der Waals surface area contributed by atoms with Crippen LogP contribution < -0.4 is 4.90 Å². The van der Waals surface area contributed by atoms with Crippen LogP contribution in [-0.2, 0) is 27.9 Å². The number of aromatic nitrogens is 4. The van der Waals surface area contributed by atoms with Gasteiger partial charge in [-0.05, 0) is 30.2 Å². The van der Waals surface area contributed by atoms with Crippen molar-refractivity contribution >= 4 is 37.4 Å². The number of benzene rings is 1. The van der Waals surface area contributed by atoms with Gasteiger partial charge in [0.1, 0.15) is 0 Å². The number of thiophene rings is 1. The number of anilines is 1. The van der Waals surface area contributed by atoms with Crippen LogP contribution in [0.25, 0.3) is 27.4 Å². The van der Waals surface area contributed by atoms with Crippen LogP contribution >= 0.6 is 11.3 Å². The molecule has 0 aliphatic carbocycles. The largest absolute Gasteiger partial charge is 0.392 e. The number of hydrogen-bond acceptors (Lipinski definition) is 10. The molecule has 4 aromatic rings. The molecule has 0 unspecified atom stereocenters. The fraction of sp³-hybridized carbons (Fsp3) is 0.444. The van der Waals surface area contributed by atoms with E-state index in [0.29, 0.717) is 45.3 Å². The van der Waals surface area contributed by atoms with Crippen LogP contribution in [0.2, 0.25) is 0 Å². The molecule has 3 aromatic heterocycles. The van der Waals surface area contributed by atoms with Gasteiger partial charge in [0.25, 0.3) is 5.95 Å². The molecule has 212 valence electrons. The first-order chi connectivity index (χ1) is 19.3. The van der Waals surface area contributed by atoms with E-state index in [-0.39, 0.29) is 6.61 Å². The number of nitrogens with zero attached hydrogens (tertiary/aromatic N) is 7. The molecule has 11 nitrogen and oxygen atoms in total. The van der Waals surface area contributed by atoms with Gasteiger partial charge in [0, 0.05) is 62.5 Å². The molecule has 0 amide bonds. The van der Waals surface area contributed by atoms with Crippen LogP contribution in [0.4, 0.5) is 5.82 Å². The number of aliphatic hydroxyl groups is 1. The second kappa shape index (κ2) is 11.1. The minimum atomic E-state index is -3.16. The van der Waals surface area contributed by atoms with E-state index in [1.165, 1.54) is 11.1 Å². The maximum Gasteiger partial charge on any atom is 0.253 e. The van der Waals surface area contributed by atoms with Crippen LogP contribution in [-0.4, -0.2) is 101 Å². The summed E-state index contributed by atoms with van der Waals surface area (Å²) in [5, 5.41) is 14.3. The Morgan fingerprint density at radius 3 is 2.55 bits per heavy atom. The summed E-state index contributed by atoms with van der Waals surface area (Å²) in [6, 6.07) is 9.63. The molecule has 40 heavy (non-hydrogen) atoms. The molecule has 1 N–H and O–H groups in total. The number of aryl methyl sites for hydroxylation is 1. The van der Waals surface area contributed by atoms with Crippen LogP contribution in [0, 0.1) is 6.92 Å². The molecule has 13 heteroatoms. The SMILES string of the molecule is Cc1c(CN2CCN(S(C)(=O)=O)CC2)sc2c(N3CCOCC3)nc(-n3ccc(-c4cccc(CO)c4)n3)nc12. The molecule has 2 fully saturated rings. The third-order valence-electron chi connectivity index (χ3n) is 7.51. The molecular weight excluding hydrogens is 550 g/mol. The number of aliphatic hydroxyl groups excluding tert-OH is 1. The van der Waals surface area contributed by atoms with Crippen molar-refractivity contribution in [3.8, 4) is 17.2 Å². The molecule has 2 saturated heterocycles. The number of hydrogen-bond donors (Lipinski definition) is 1. The Balaban J connectivity index is 1.34. The summed E-state index contributed by atoms with van der Waals surface area (Å²) in [4.78, 5) is 15.8. The predicted octanol–water partition coefficient (Wildman–Crippen LogP) is 2.26. The number of sulfonamides is 1. The van der Waals surface area contributed by atoms with Gasteiger partial charge in [-0.3, -0.25) is 4.90 Å². The number of ether oxygens (including phenoxy) is 1. The zero-order chi connectivity index (χ0) is 27.9. The van der Waals surface area contributed by atoms with Gasteiger partial charge in [0.05, 0.1) is 42.0 Å². The Labute approximate surface area is 237 Å². The number of fused-ring (bicyclic) bond motifs is 1. The third-order valence-corrected chi connectivity index (χ3v) is 10.1. The van der Waals surface area contributed by atoms with Gasteiger partial charge in [-0.2, -0.15) is 14.4 Å². The maximum absolute atomic E-state index is 11.9. The van der Waals surface area contributed by atoms with Crippen LogP contribution in [0.15, 0.2) is 36.5 Å². The molecule has 0 radical (unpaired) electrons. The summed E-state index contributed by atoms with van der Waals surface area (Å²) in [5.41, 5.74) is 4.57. The monoisotopic (exact) mass is 583 g/mol. The molecule has 2 aliphatic rings. The van der Waals surface area contributed by atoms with Crippen LogP contribution in [0.3, 0.4) is 0 Å². The van der Waals surface area contributed by atoms with Gasteiger partial charge in [-0.15, -0.1) is 11.3 Å². The summed E-state index contributed by atoms with van der Waals surface area (Å²) < 4.78 is 33.8. The van der Waals surface area contributed by atoms with Gasteiger partial charge in [-0.1, -0.05) is 18.2 Å². The first-order valence-corrected chi connectivity index (χ1v) is 16.0. The molecule has 1 aromatic carbocycles. The molecule has 0 spiro atoms. The van der Waals surface area contributed by atoms with Gasteiger partial charge in [0.2, 0.25) is 10.0 Å². The topological polar surface area (TPSA) is 117 Å². The second-order valence-corrected chi connectivity index (χ2v) is 13.3. The van der Waals surface area contributed by atoms with E-state index in [4.69, 9.17) is 19.8 Å². The third kappa shape index (κ3) is 5.49. The van der Waals surface area contributed by atoms with E-state index in [9.17, 15) is 13.5 Å². The average molecular weight is 584 g/mol. The van der Waals surface area contributed by atoms with Crippen molar-refractivity contribution in [1.82, 2.24) is 29.0 Å². The first-order valence-electron chi connectivity index (χ1n) is 13.4. The van der Waals surface area contributed by atoms with E-state index >= 15 is 0 Å². The quantitative estimate of drug-likeness (QED) is 0.350. The van der Waals surface area contributed by atoms with Crippen LogP contribution in [0.5, 0.6) is 0 Å². The maximum atomic E-state index is 11.9. The van der Waals surface area contributed by atoms with Gasteiger partial charge < -0.3 is 14.7 Å². The van der Waals surface area contributed by atoms with E-state index in [1.807, 2.05) is 36.5 Å². The Bertz CT molecular complexity index is 1620. The Morgan fingerprint density at radius 1 is 1.05 bits per heavy atom. The Morgan fingerprint density at radius 2 is 1.82 bits per heavy atom. The highest BCUT2D eigenvalue weighted by Gasteiger charge is 2.26. The van der Waals surface area contributed by atoms with Crippen molar-refractivity contribution in [2.75, 3.05) is 63.6 Å². The van der Waals surface area contributed by atoms with Crippen LogP contribution in [0.1, 0.15) is 16.0 Å². The smallest absolute Gasteiger partial charge is 0.253 e. The second-order valence-electron chi connectivity index (χ2n) is 10.2. The normalized spacial score (nSPS) is 17.6. The molecule has 6 rings (SSSR count). The van der Waals surface area contributed by atoms with E-state index < -0.39 is 10.0 Å². The average Bonchev–Trinajstić information content (AvgIpc) is 3.58. The molecule has 0 bridgehead atoms. The fourth-order valence-electron chi connectivity index (χ4n) is 5.19. The van der Waals surface area contributed by atoms with Gasteiger partial charge >= 0.3 is 0 Å². The van der Waals surface area contributed by atoms with Crippen molar-refractivity contribution in [3.63, 3.8) is 0 Å². The number of piperazine rings is 1. The van der Waals surface area contributed by atoms with E-state index in [2.05, 4.69) is 16.7 Å². The highest BCUT2D eigenvalue weighted by Crippen LogP contribution is 2.37. The van der Waals surface area contributed by atoms with Crippen molar-refractivity contribution in [2.45, 2.75) is 20.1 Å². The highest BCUT2D eigenvalue weighted by molar-refractivity contribution is 7.88. The van der Waals surface area contributed by atoms with E-state index in [0.717, 1.165) is 58.1 Å². The Kier molecular flexibility index (Phi) is 7.59. The summed E-state index contributed by atoms with van der Waals surface area (Å²) in [5.74, 6) is 1.40. The van der Waals surface area contributed by atoms with Gasteiger partial charge in [-0.25, -0.2) is 18.1 Å². The van der Waals surface area contributed by atoms with Gasteiger partial charge in [0.15, 0.2) is 5.82 Å². The predicted molar refractivity (Wildman–Crippen MR) is 155 cm³/mol. The molecule has 5 heterocycles. The Hall–Kier alpha value is -2.94. The fourth-order valence-corrected chi connectivity index (χ4v) is 7.32. The number of morpholine rings is 1. The van der Waals surface area contributed by atoms with Crippen molar-refractivity contribution in [2.24, 2.45) is 0 Å². The standard InChI is InChI=1S/C27H33N7O4S2/c1-19-23(17-31-8-10-33(11-9-31)40(2,36)37)39-25-24(19)28-27(29-26(25)32-12-14-38-15-13-32)34-7-6-22(30-34)21-5-3-4-20(16-21)18-35/h3-7,16,35H,8-15,17-18H2,1-2H3. The van der Waals surface area contributed by atoms with E-state index in [1.54, 1.807) is 20.3 Å². The van der Waals surface area contributed by atoms with Crippen molar-refractivity contribution in [3.05, 3.63) is 52.5 Å². The summed E-state index contributed by atoms with van der Waals surface area (Å²) in [7, 11) is -3.16. The summed E-state index contributed by atoms with van der Waals surface area (Å²) >= 11 is 1.72. The highest BCUT2D eigenvalue weighted by atomic mass is 32.2. The molecule has 0 saturated carbocycles. The molecular formula is C27H33N7O4S2. The van der Waals surface area contributed by atoms with Crippen molar-refractivity contribution in [1.29, 1.82) is 0 Å². The summed E-state index contributed by atoms with van der Waals surface area (Å²) in [6.45, 7) is 8.04. The minimum absolute atomic E-state index is 0.0234. The summed E-state index contributed by atoms with van der Waals surface area (Å²) in [6.07, 6.45) is 3.14. The zero-order valence-corrected chi connectivity index (χ0v) is 24.3. The lowest BCUT2D eigenvalue weighted by molar-refractivity contribution is 0.122. The first kappa shape index (κ1) is 27.2. The number of rotatable bonds is 7. The lowest BCUT2D eigenvalue weighted by Crippen LogP contribution is -2.47. The zero-order valence-electron chi connectivity index (χ0n) is 22.7. The molecule has 2 aliphatic heterocycles. The lowest BCUT2D eigenvalue weighted by atomic mass is 10.1. The lowest BCUT2D eigenvalue weighted by Gasteiger charge is -2.33. The molecule has 0 atom stereocenters. The van der Waals surface area contributed by atoms with Crippen molar-refractivity contribution < 1.29 is 18.3 Å².